The van der Waals surface area contributed by atoms with Crippen LogP contribution in [0.3, 0.4) is 0 Å². The highest BCUT2D eigenvalue weighted by Gasteiger charge is 2.23. The van der Waals surface area contributed by atoms with E-state index in [9.17, 15) is 0 Å². The number of rotatable bonds is 3. The number of hydrogen-bond donors (Lipinski definition) is 0. The molecule has 0 fully saturated rings. The van der Waals surface area contributed by atoms with Gasteiger partial charge in [0.25, 0.3) is 0 Å². The Hall–Kier alpha value is -2.43. The van der Waals surface area contributed by atoms with Crippen molar-refractivity contribution in [2.75, 3.05) is 0 Å². The van der Waals surface area contributed by atoms with Gasteiger partial charge in [-0.25, -0.2) is 0 Å². The Morgan fingerprint density at radius 1 is 0.808 bits per heavy atom. The van der Waals surface area contributed by atoms with Gasteiger partial charge in [-0.3, -0.25) is 0 Å². The van der Waals surface area contributed by atoms with Crippen molar-refractivity contribution >= 4 is 65.0 Å². The summed E-state index contributed by atoms with van der Waals surface area (Å²) in [6.07, 6.45) is 4.00. The molecule has 0 aliphatic carbocycles. The van der Waals surface area contributed by atoms with Gasteiger partial charge in [-0.15, -0.1) is 0 Å². The van der Waals surface area contributed by atoms with E-state index in [1.54, 1.807) is 0 Å². The largest absolute Gasteiger partial charge is 0.0984 e. The lowest BCUT2D eigenvalue weighted by atomic mass is 9.88. The molecule has 0 unspecified atom stereocenters. The SMILES string of the molecule is C=Cc1cc2ccc3cc4ccccc4cc3c2c(C(C)([SiH3])[SiH3])c1C=C. The quantitative estimate of drug-likeness (QED) is 0.287. The zero-order chi connectivity index (χ0) is 18.5. The zero-order valence-electron chi connectivity index (χ0n) is 15.8. The van der Waals surface area contributed by atoms with Gasteiger partial charge < -0.3 is 0 Å². The van der Waals surface area contributed by atoms with Crippen LogP contribution in [0.1, 0.15) is 23.6 Å². The summed E-state index contributed by atoms with van der Waals surface area (Å²) in [5.74, 6) is 0. The fraction of sp³-hybridized carbons (Fsp3) is 0.0833. The second kappa shape index (κ2) is 6.08. The summed E-state index contributed by atoms with van der Waals surface area (Å²) in [5.41, 5.74) is 3.93. The number of benzene rings is 4. The van der Waals surface area contributed by atoms with Crippen LogP contribution in [-0.2, 0) is 4.66 Å². The first kappa shape index (κ1) is 17.0. The van der Waals surface area contributed by atoms with Crippen molar-refractivity contribution in [3.05, 3.63) is 84.4 Å². The van der Waals surface area contributed by atoms with Gasteiger partial charge >= 0.3 is 0 Å². The highest BCUT2D eigenvalue weighted by Crippen LogP contribution is 2.39. The van der Waals surface area contributed by atoms with Crippen LogP contribution in [0.15, 0.2) is 67.8 Å². The summed E-state index contributed by atoms with van der Waals surface area (Å²) in [4.78, 5) is 0. The fourth-order valence-corrected chi connectivity index (χ4v) is 5.16. The van der Waals surface area contributed by atoms with Crippen LogP contribution in [0.4, 0.5) is 0 Å². The van der Waals surface area contributed by atoms with E-state index in [2.05, 4.69) is 74.7 Å². The van der Waals surface area contributed by atoms with Gasteiger partial charge in [0.2, 0.25) is 0 Å². The smallest absolute Gasteiger partial charge is 0.0113 e. The summed E-state index contributed by atoms with van der Waals surface area (Å²) in [7, 11) is 2.26. The molecule has 0 atom stereocenters. The van der Waals surface area contributed by atoms with Crippen LogP contribution in [0.25, 0.3) is 44.5 Å². The van der Waals surface area contributed by atoms with Crippen molar-refractivity contribution in [3.8, 4) is 0 Å². The number of fused-ring (bicyclic) bond motifs is 4. The first-order chi connectivity index (χ1) is 12.4. The van der Waals surface area contributed by atoms with Crippen molar-refractivity contribution in [2.24, 2.45) is 0 Å². The van der Waals surface area contributed by atoms with E-state index in [4.69, 9.17) is 0 Å². The highest BCUT2D eigenvalue weighted by molar-refractivity contribution is 6.41. The van der Waals surface area contributed by atoms with Crippen LogP contribution in [-0.4, -0.2) is 20.5 Å². The molecule has 0 aliphatic rings. The molecular formula is C24H24Si2. The van der Waals surface area contributed by atoms with E-state index < -0.39 is 0 Å². The predicted molar refractivity (Wildman–Crippen MR) is 126 cm³/mol. The van der Waals surface area contributed by atoms with Crippen LogP contribution in [0, 0.1) is 0 Å². The number of hydrogen-bond acceptors (Lipinski definition) is 0. The van der Waals surface area contributed by atoms with E-state index in [1.165, 1.54) is 49.0 Å². The minimum Gasteiger partial charge on any atom is -0.0984 e. The van der Waals surface area contributed by atoms with Crippen LogP contribution in [0.5, 0.6) is 0 Å². The minimum absolute atomic E-state index is 0.278. The summed E-state index contributed by atoms with van der Waals surface area (Å²) in [5, 5.41) is 7.98. The fourth-order valence-electron chi connectivity index (χ4n) is 4.12. The molecule has 0 aromatic heterocycles. The molecule has 128 valence electrons. The maximum absolute atomic E-state index is 4.13. The summed E-state index contributed by atoms with van der Waals surface area (Å²) in [6.45, 7) is 10.6. The third-order valence-electron chi connectivity index (χ3n) is 5.23. The normalized spacial score (nSPS) is 14.0. The molecule has 0 saturated carbocycles. The van der Waals surface area contributed by atoms with Crippen molar-refractivity contribution in [3.63, 3.8) is 0 Å². The van der Waals surface area contributed by atoms with Gasteiger partial charge in [0.15, 0.2) is 0 Å². The third kappa shape index (κ3) is 2.57. The molecule has 0 nitrogen and oxygen atoms in total. The summed E-state index contributed by atoms with van der Waals surface area (Å²) in [6, 6.07) is 20.1. The molecule has 26 heavy (non-hydrogen) atoms. The lowest BCUT2D eigenvalue weighted by Crippen LogP contribution is -2.24. The Kier molecular flexibility index (Phi) is 3.98. The third-order valence-corrected chi connectivity index (χ3v) is 6.23. The molecule has 2 heteroatoms. The lowest BCUT2D eigenvalue weighted by Gasteiger charge is -2.27. The molecule has 0 bridgehead atoms. The van der Waals surface area contributed by atoms with Gasteiger partial charge in [-0.1, -0.05) is 68.6 Å². The zero-order valence-corrected chi connectivity index (χ0v) is 19.8. The van der Waals surface area contributed by atoms with E-state index in [1.807, 2.05) is 12.2 Å². The molecule has 0 saturated heterocycles. The summed E-state index contributed by atoms with van der Waals surface area (Å²) < 4.78 is 0.278. The maximum Gasteiger partial charge on any atom is 0.0113 e. The monoisotopic (exact) mass is 368 g/mol. The maximum atomic E-state index is 4.13. The van der Waals surface area contributed by atoms with Crippen LogP contribution >= 0.6 is 0 Å². The van der Waals surface area contributed by atoms with Gasteiger partial charge in [0.05, 0.1) is 0 Å². The Balaban J connectivity index is 2.30. The molecule has 0 heterocycles. The first-order valence-corrected chi connectivity index (χ1v) is 11.1. The second-order valence-corrected chi connectivity index (χ2v) is 15.0. The molecule has 0 amide bonds. The van der Waals surface area contributed by atoms with Gasteiger partial charge in [-0.05, 0) is 71.9 Å². The Morgan fingerprint density at radius 2 is 1.46 bits per heavy atom. The molecule has 0 N–H and O–H groups in total. The Bertz CT molecular complexity index is 1190. The predicted octanol–water partition coefficient (Wildman–Crippen LogP) is 4.34. The van der Waals surface area contributed by atoms with Gasteiger partial charge in [0, 0.05) is 20.5 Å². The van der Waals surface area contributed by atoms with Crippen LogP contribution < -0.4 is 0 Å². The van der Waals surface area contributed by atoms with E-state index >= 15 is 0 Å². The van der Waals surface area contributed by atoms with Gasteiger partial charge in [0.1, 0.15) is 0 Å². The van der Waals surface area contributed by atoms with E-state index in [0.717, 1.165) is 20.5 Å². The topological polar surface area (TPSA) is 0 Å². The van der Waals surface area contributed by atoms with Crippen molar-refractivity contribution in [2.45, 2.75) is 11.6 Å². The average molecular weight is 369 g/mol. The highest BCUT2D eigenvalue weighted by atomic mass is 28.2. The molecular weight excluding hydrogens is 344 g/mol. The molecule has 0 spiro atoms. The molecule has 4 rings (SSSR count). The minimum atomic E-state index is 0.278. The second-order valence-electron chi connectivity index (χ2n) is 8.00. The summed E-state index contributed by atoms with van der Waals surface area (Å²) >= 11 is 0. The van der Waals surface area contributed by atoms with Crippen molar-refractivity contribution in [1.29, 1.82) is 0 Å². The Labute approximate surface area is 161 Å². The van der Waals surface area contributed by atoms with Crippen molar-refractivity contribution < 1.29 is 0 Å². The molecule has 0 radical (unpaired) electrons. The lowest BCUT2D eigenvalue weighted by molar-refractivity contribution is 0.982. The molecule has 4 aromatic rings. The average Bonchev–Trinajstić information content (AvgIpc) is 2.63. The van der Waals surface area contributed by atoms with Crippen molar-refractivity contribution in [1.82, 2.24) is 0 Å². The molecule has 4 aromatic carbocycles. The first-order valence-electron chi connectivity index (χ1n) is 9.11. The van der Waals surface area contributed by atoms with E-state index in [0.29, 0.717) is 0 Å². The van der Waals surface area contributed by atoms with Crippen LogP contribution in [0.2, 0.25) is 0 Å². The standard InChI is InChI=1S/C24H24Si2/c1-4-15-12-19-11-10-18-13-16-8-6-7-9-17(16)14-21(18)22(19)23(20(15)5-2)24(3,25)26/h4-14H,1-2H2,3,25-26H3. The van der Waals surface area contributed by atoms with E-state index in [-0.39, 0.29) is 4.66 Å². The Morgan fingerprint density at radius 3 is 2.08 bits per heavy atom. The molecule has 0 aliphatic heterocycles. The van der Waals surface area contributed by atoms with Gasteiger partial charge in [-0.2, -0.15) is 0 Å².